The molecule has 1 unspecified atom stereocenters. The molecule has 1 nitrogen and oxygen atoms in total. The molecule has 0 heterocycles. The van der Waals surface area contributed by atoms with E-state index in [0.29, 0.717) is 12.0 Å². The van der Waals surface area contributed by atoms with E-state index < -0.39 is 0 Å². The minimum Gasteiger partial charge on any atom is -0.314 e. The average molecular weight is 177 g/mol. The lowest BCUT2D eigenvalue weighted by Gasteiger charge is -2.14. The minimum absolute atomic E-state index is 0.575. The third-order valence-electron chi connectivity index (χ3n) is 2.20. The minimum atomic E-state index is 0.575. The molecule has 0 aliphatic rings. The molecule has 0 amide bonds. The molecule has 1 aromatic rings. The molecule has 1 rings (SSSR count). The van der Waals surface area contributed by atoms with Crippen LogP contribution in [0, 0.1) is 0 Å². The Morgan fingerprint density at radius 1 is 1.08 bits per heavy atom. The van der Waals surface area contributed by atoms with Crippen molar-refractivity contribution in [2.24, 2.45) is 0 Å². The Kier molecular flexibility index (Phi) is 3.97. The quantitative estimate of drug-likeness (QED) is 0.745. The highest BCUT2D eigenvalue weighted by molar-refractivity contribution is 5.18. The lowest BCUT2D eigenvalue weighted by molar-refractivity contribution is 0.548. The molecule has 1 N–H and O–H groups in total. The first-order valence-electron chi connectivity index (χ1n) is 4.98. The van der Waals surface area contributed by atoms with E-state index in [-0.39, 0.29) is 0 Å². The summed E-state index contributed by atoms with van der Waals surface area (Å²) in [7, 11) is 0. The number of rotatable bonds is 4. The van der Waals surface area contributed by atoms with Crippen molar-refractivity contribution in [2.75, 3.05) is 6.54 Å². The first kappa shape index (κ1) is 10.3. The van der Waals surface area contributed by atoms with Gasteiger partial charge >= 0.3 is 0 Å². The van der Waals surface area contributed by atoms with Crippen molar-refractivity contribution in [1.82, 2.24) is 5.32 Å². The molecule has 0 radical (unpaired) electrons. The predicted octanol–water partition coefficient (Wildman–Crippen LogP) is 2.79. The normalized spacial score (nSPS) is 13.2. The van der Waals surface area contributed by atoms with Crippen LogP contribution in [-0.2, 0) is 0 Å². The van der Waals surface area contributed by atoms with E-state index in [1.54, 1.807) is 0 Å². The van der Waals surface area contributed by atoms with Crippen LogP contribution in [0.4, 0.5) is 0 Å². The van der Waals surface area contributed by atoms with Gasteiger partial charge in [0, 0.05) is 12.6 Å². The Bertz CT molecular complexity index is 228. The van der Waals surface area contributed by atoms with E-state index in [2.05, 4.69) is 56.4 Å². The Morgan fingerprint density at radius 3 is 2.23 bits per heavy atom. The van der Waals surface area contributed by atoms with Crippen LogP contribution in [0.2, 0.25) is 0 Å². The van der Waals surface area contributed by atoms with Crippen molar-refractivity contribution in [3.05, 3.63) is 35.9 Å². The van der Waals surface area contributed by atoms with Gasteiger partial charge < -0.3 is 5.32 Å². The summed E-state index contributed by atoms with van der Waals surface area (Å²) in [6.07, 6.45) is 0. The molecule has 1 heteroatoms. The Balaban J connectivity index is 2.44. The highest BCUT2D eigenvalue weighted by Gasteiger charge is 2.04. The van der Waals surface area contributed by atoms with Crippen LogP contribution in [0.1, 0.15) is 32.3 Å². The van der Waals surface area contributed by atoms with E-state index in [1.165, 1.54) is 5.56 Å². The third-order valence-corrected chi connectivity index (χ3v) is 2.20. The van der Waals surface area contributed by atoms with Crippen LogP contribution in [0.5, 0.6) is 0 Å². The molecule has 0 aliphatic heterocycles. The highest BCUT2D eigenvalue weighted by atomic mass is 14.9. The van der Waals surface area contributed by atoms with Gasteiger partial charge in [-0.2, -0.15) is 0 Å². The number of hydrogen-bond donors (Lipinski definition) is 1. The van der Waals surface area contributed by atoms with Gasteiger partial charge in [-0.15, -0.1) is 0 Å². The van der Waals surface area contributed by atoms with Gasteiger partial charge in [-0.25, -0.2) is 0 Å². The van der Waals surface area contributed by atoms with Crippen molar-refractivity contribution >= 4 is 0 Å². The molecule has 1 atom stereocenters. The van der Waals surface area contributed by atoms with Gasteiger partial charge in [0.1, 0.15) is 0 Å². The van der Waals surface area contributed by atoms with Gasteiger partial charge in [-0.3, -0.25) is 0 Å². The van der Waals surface area contributed by atoms with E-state index >= 15 is 0 Å². The van der Waals surface area contributed by atoms with Gasteiger partial charge in [-0.05, 0) is 11.5 Å². The fourth-order valence-electron chi connectivity index (χ4n) is 1.31. The second-order valence-electron chi connectivity index (χ2n) is 3.87. The van der Waals surface area contributed by atoms with Crippen molar-refractivity contribution in [3.63, 3.8) is 0 Å². The van der Waals surface area contributed by atoms with Gasteiger partial charge in [0.05, 0.1) is 0 Å². The molecule has 0 bridgehead atoms. The summed E-state index contributed by atoms with van der Waals surface area (Å²) < 4.78 is 0. The van der Waals surface area contributed by atoms with Crippen LogP contribution in [0.25, 0.3) is 0 Å². The maximum atomic E-state index is 3.44. The fraction of sp³-hybridized carbons (Fsp3) is 0.500. The monoisotopic (exact) mass is 177 g/mol. The maximum absolute atomic E-state index is 3.44. The van der Waals surface area contributed by atoms with Crippen molar-refractivity contribution < 1.29 is 0 Å². The van der Waals surface area contributed by atoms with Crippen molar-refractivity contribution in [2.45, 2.75) is 32.7 Å². The number of benzene rings is 1. The Labute approximate surface area is 81.2 Å². The topological polar surface area (TPSA) is 12.0 Å². The van der Waals surface area contributed by atoms with E-state index in [4.69, 9.17) is 0 Å². The van der Waals surface area contributed by atoms with Gasteiger partial charge in [-0.1, -0.05) is 51.1 Å². The van der Waals surface area contributed by atoms with Crippen LogP contribution in [-0.4, -0.2) is 12.6 Å². The summed E-state index contributed by atoms with van der Waals surface area (Å²) in [6.45, 7) is 7.67. The van der Waals surface area contributed by atoms with Gasteiger partial charge in [0.2, 0.25) is 0 Å². The zero-order valence-electron chi connectivity index (χ0n) is 8.75. The summed E-state index contributed by atoms with van der Waals surface area (Å²) >= 11 is 0. The molecule has 13 heavy (non-hydrogen) atoms. The zero-order chi connectivity index (χ0) is 9.68. The lowest BCUT2D eigenvalue weighted by Crippen LogP contribution is -2.26. The second kappa shape index (κ2) is 5.03. The van der Waals surface area contributed by atoms with Crippen LogP contribution >= 0.6 is 0 Å². The van der Waals surface area contributed by atoms with E-state index in [1.807, 2.05) is 0 Å². The standard InChI is InChI=1S/C12H19N/c1-10(2)13-9-11(3)12-7-5-4-6-8-12/h4-8,10-11,13H,9H2,1-3H3. The van der Waals surface area contributed by atoms with Crippen molar-refractivity contribution in [1.29, 1.82) is 0 Å². The average Bonchev–Trinajstić information content (AvgIpc) is 2.15. The summed E-state index contributed by atoms with van der Waals surface area (Å²) in [5.74, 6) is 0.601. The molecule has 1 aromatic carbocycles. The van der Waals surface area contributed by atoms with Gasteiger partial charge in [0.25, 0.3) is 0 Å². The second-order valence-corrected chi connectivity index (χ2v) is 3.87. The molecule has 0 saturated carbocycles. The molecular formula is C12H19N. The Hall–Kier alpha value is -0.820. The first-order chi connectivity index (χ1) is 6.20. The molecule has 0 fully saturated rings. The van der Waals surface area contributed by atoms with Crippen LogP contribution in [0.3, 0.4) is 0 Å². The van der Waals surface area contributed by atoms with Crippen LogP contribution in [0.15, 0.2) is 30.3 Å². The van der Waals surface area contributed by atoms with Gasteiger partial charge in [0.15, 0.2) is 0 Å². The largest absolute Gasteiger partial charge is 0.314 e. The SMILES string of the molecule is CC(C)NCC(C)c1ccccc1. The first-order valence-corrected chi connectivity index (χ1v) is 4.98. The van der Waals surface area contributed by atoms with Crippen LogP contribution < -0.4 is 5.32 Å². The smallest absolute Gasteiger partial charge is 0.00198 e. The molecule has 0 aromatic heterocycles. The third kappa shape index (κ3) is 3.60. The number of nitrogens with one attached hydrogen (secondary N) is 1. The highest BCUT2D eigenvalue weighted by Crippen LogP contribution is 2.12. The number of hydrogen-bond acceptors (Lipinski definition) is 1. The molecule has 0 aliphatic carbocycles. The lowest BCUT2D eigenvalue weighted by atomic mass is 10.0. The maximum Gasteiger partial charge on any atom is 0.00198 e. The summed E-state index contributed by atoms with van der Waals surface area (Å²) in [5, 5.41) is 3.44. The fourth-order valence-corrected chi connectivity index (χ4v) is 1.31. The Morgan fingerprint density at radius 2 is 1.69 bits per heavy atom. The summed E-state index contributed by atoms with van der Waals surface area (Å²) in [4.78, 5) is 0. The predicted molar refractivity (Wildman–Crippen MR) is 58.0 cm³/mol. The molecule has 72 valence electrons. The zero-order valence-corrected chi connectivity index (χ0v) is 8.75. The molecular weight excluding hydrogens is 158 g/mol. The van der Waals surface area contributed by atoms with Crippen molar-refractivity contribution in [3.8, 4) is 0 Å². The van der Waals surface area contributed by atoms with E-state index in [9.17, 15) is 0 Å². The summed E-state index contributed by atoms with van der Waals surface area (Å²) in [6, 6.07) is 11.2. The molecule has 0 spiro atoms. The van der Waals surface area contributed by atoms with E-state index in [0.717, 1.165) is 6.54 Å². The molecule has 0 saturated heterocycles. The summed E-state index contributed by atoms with van der Waals surface area (Å²) in [5.41, 5.74) is 1.41.